The molecule has 1 aliphatic rings. The summed E-state index contributed by atoms with van der Waals surface area (Å²) in [4.78, 5) is 2.88. The van der Waals surface area contributed by atoms with Crippen LogP contribution >= 0.6 is 0 Å². The molecule has 2 unspecified atom stereocenters. The van der Waals surface area contributed by atoms with Crippen molar-refractivity contribution < 1.29 is 30.2 Å². The maximum absolute atomic E-state index is 9.71. The molecule has 1 N–H and O–H groups in total. The van der Waals surface area contributed by atoms with Crippen LogP contribution in [0.1, 0.15) is 13.9 Å². The van der Waals surface area contributed by atoms with Crippen LogP contribution in [0.2, 0.25) is 0 Å². The highest BCUT2D eigenvalue weighted by molar-refractivity contribution is 5.26. The van der Waals surface area contributed by atoms with Gasteiger partial charge < -0.3 is 28.8 Å². The molecule has 1 saturated heterocycles. The van der Waals surface area contributed by atoms with Crippen LogP contribution in [-0.4, -0.2) is 63.2 Å². The van der Waals surface area contributed by atoms with Gasteiger partial charge in [-0.05, 0) is 30.2 Å². The molecule has 0 aromatic heterocycles. The average Bonchev–Trinajstić information content (AvgIpc) is 2.70. The topological polar surface area (TPSA) is 115 Å². The number of methoxy groups -OCH3 is 2. The Morgan fingerprint density at radius 3 is 2.54 bits per heavy atom. The molecule has 1 fully saturated rings. The Labute approximate surface area is 153 Å². The Hall–Kier alpha value is -1.87. The largest absolute Gasteiger partial charge is 0.497 e. The van der Waals surface area contributed by atoms with E-state index in [-0.39, 0.29) is 0 Å². The molecule has 26 heavy (non-hydrogen) atoms. The van der Waals surface area contributed by atoms with E-state index >= 15 is 0 Å². The van der Waals surface area contributed by atoms with Crippen LogP contribution in [0.15, 0.2) is 29.4 Å². The summed E-state index contributed by atoms with van der Waals surface area (Å²) in [5.74, 6) is 0.659. The van der Waals surface area contributed by atoms with Crippen molar-refractivity contribution in [3.8, 4) is 5.75 Å². The molecule has 0 aliphatic carbocycles. The first-order valence-electron chi connectivity index (χ1n) is 8.83. The third kappa shape index (κ3) is 4.85. The number of azide groups is 1. The van der Waals surface area contributed by atoms with Crippen LogP contribution in [-0.2, 0) is 25.5 Å². The molecule has 9 nitrogen and oxygen atoms in total. The van der Waals surface area contributed by atoms with Crippen molar-refractivity contribution >= 4 is 0 Å². The molecule has 0 spiro atoms. The maximum atomic E-state index is 9.71. The average molecular weight is 368 g/mol. The zero-order valence-corrected chi connectivity index (χ0v) is 15.0. The van der Waals surface area contributed by atoms with E-state index in [2.05, 4.69) is 10.0 Å². The van der Waals surface area contributed by atoms with Crippen molar-refractivity contribution in [2.45, 2.75) is 44.2 Å². The van der Waals surface area contributed by atoms with E-state index in [1.165, 1.54) is 7.11 Å². The molecule has 144 valence electrons. The number of rotatable bonds is 9. The summed E-state index contributed by atoms with van der Waals surface area (Å²) in [5.41, 5.74) is 9.57. The highest BCUT2D eigenvalue weighted by Crippen LogP contribution is 2.29. The Morgan fingerprint density at radius 2 is 2.00 bits per heavy atom. The Balaban J connectivity index is 2.26. The smallest absolute Gasteiger partial charge is 0.184 e. The second-order valence-electron chi connectivity index (χ2n) is 5.57. The SMILES string of the molecule is [2H]C(O[C@H]1[C@@H](N=[N+]=[N-])[C@H](OCC)C(OC)O[C@@H]1CO)c1ccc(OC)cc1. The number of ether oxygens (including phenoxy) is 5. The Morgan fingerprint density at radius 1 is 1.27 bits per heavy atom. The van der Waals surface area contributed by atoms with Gasteiger partial charge in [0, 0.05) is 18.6 Å². The molecule has 6 atom stereocenters. The highest BCUT2D eigenvalue weighted by Gasteiger charge is 2.47. The molecule has 1 heterocycles. The fourth-order valence-electron chi connectivity index (χ4n) is 2.80. The molecule has 1 aliphatic heterocycles. The molecule has 0 saturated carbocycles. The normalized spacial score (nSPS) is 30.2. The Kier molecular flexibility index (Phi) is 7.51. The number of hydrogen-bond acceptors (Lipinski definition) is 7. The summed E-state index contributed by atoms with van der Waals surface area (Å²) in [7, 11) is 2.99. The van der Waals surface area contributed by atoms with Crippen LogP contribution in [0, 0.1) is 0 Å². The van der Waals surface area contributed by atoms with Crippen LogP contribution in [0.5, 0.6) is 5.75 Å². The third-order valence-corrected chi connectivity index (χ3v) is 4.05. The molecular weight excluding hydrogens is 342 g/mol. The molecular formula is C17H25N3O6. The van der Waals surface area contributed by atoms with Crippen molar-refractivity contribution in [3.05, 3.63) is 40.3 Å². The van der Waals surface area contributed by atoms with Crippen LogP contribution in [0.3, 0.4) is 0 Å². The number of hydrogen-bond donors (Lipinski definition) is 1. The zero-order valence-electron chi connectivity index (χ0n) is 16.0. The molecule has 9 heteroatoms. The van der Waals surface area contributed by atoms with Gasteiger partial charge in [0.05, 0.1) is 33.8 Å². The summed E-state index contributed by atoms with van der Waals surface area (Å²) in [6, 6.07) is 6.01. The predicted octanol–water partition coefficient (Wildman–Crippen LogP) is 2.03. The molecule has 1 aromatic rings. The second kappa shape index (κ2) is 10.3. The van der Waals surface area contributed by atoms with E-state index in [9.17, 15) is 5.11 Å². The highest BCUT2D eigenvalue weighted by atomic mass is 16.7. The summed E-state index contributed by atoms with van der Waals surface area (Å²) < 4.78 is 35.9. The lowest BCUT2D eigenvalue weighted by molar-refractivity contribution is -0.284. The monoisotopic (exact) mass is 368 g/mol. The van der Waals surface area contributed by atoms with Gasteiger partial charge in [0.2, 0.25) is 0 Å². The minimum atomic E-state index is -1.09. The standard InChI is InChI=1S/C17H25N3O6/c1-4-24-16-14(19-20-18)15(13(9-21)26-17(16)23-3)25-10-11-5-7-12(22-2)8-6-11/h5-8,13-17,21H,4,9-10H2,1-3H3/t13-,14-,15-,16+,17?/m1/s1/i10D/t10?,13-,14-,15-,16+,17?. The van der Waals surface area contributed by atoms with Gasteiger partial charge >= 0.3 is 0 Å². The summed E-state index contributed by atoms with van der Waals surface area (Å²) >= 11 is 0. The van der Waals surface area contributed by atoms with E-state index < -0.39 is 43.8 Å². The molecule has 2 rings (SSSR count). The van der Waals surface area contributed by atoms with Gasteiger partial charge in [-0.1, -0.05) is 17.2 Å². The van der Waals surface area contributed by atoms with Gasteiger partial charge in [-0.25, -0.2) is 0 Å². The van der Waals surface area contributed by atoms with Crippen molar-refractivity contribution in [2.24, 2.45) is 5.11 Å². The summed E-state index contributed by atoms with van der Waals surface area (Å²) in [6.07, 6.45) is -3.29. The lowest BCUT2D eigenvalue weighted by Crippen LogP contribution is -2.59. The van der Waals surface area contributed by atoms with E-state index in [1.54, 1.807) is 38.3 Å². The van der Waals surface area contributed by atoms with Crippen LogP contribution in [0.4, 0.5) is 0 Å². The van der Waals surface area contributed by atoms with E-state index in [0.29, 0.717) is 17.9 Å². The maximum Gasteiger partial charge on any atom is 0.184 e. The Bertz CT molecular complexity index is 628. The third-order valence-electron chi connectivity index (χ3n) is 4.05. The van der Waals surface area contributed by atoms with Gasteiger partial charge in [0.1, 0.15) is 18.0 Å². The second-order valence-corrected chi connectivity index (χ2v) is 5.57. The molecule has 0 bridgehead atoms. The van der Waals surface area contributed by atoms with Crippen molar-refractivity contribution in [2.75, 3.05) is 27.4 Å². The minimum Gasteiger partial charge on any atom is -0.497 e. The van der Waals surface area contributed by atoms with Gasteiger partial charge in [-0.2, -0.15) is 0 Å². The first kappa shape index (κ1) is 18.9. The first-order chi connectivity index (χ1) is 13.1. The van der Waals surface area contributed by atoms with Crippen molar-refractivity contribution in [1.82, 2.24) is 0 Å². The zero-order chi connectivity index (χ0) is 19.8. The fourth-order valence-corrected chi connectivity index (χ4v) is 2.80. The van der Waals surface area contributed by atoms with E-state index in [4.69, 9.17) is 30.6 Å². The first-order valence-corrected chi connectivity index (χ1v) is 8.26. The number of aliphatic hydroxyl groups is 1. The quantitative estimate of drug-likeness (QED) is 0.405. The van der Waals surface area contributed by atoms with Crippen molar-refractivity contribution in [3.63, 3.8) is 0 Å². The van der Waals surface area contributed by atoms with Crippen LogP contribution in [0.25, 0.3) is 10.4 Å². The fraction of sp³-hybridized carbons (Fsp3) is 0.647. The number of nitrogens with zero attached hydrogens (tertiary/aromatic N) is 3. The summed E-state index contributed by atoms with van der Waals surface area (Å²) in [5, 5.41) is 13.5. The van der Waals surface area contributed by atoms with Gasteiger partial charge in [-0.15, -0.1) is 0 Å². The lowest BCUT2D eigenvalue weighted by Gasteiger charge is -2.43. The van der Waals surface area contributed by atoms with Gasteiger partial charge in [-0.3, -0.25) is 0 Å². The molecule has 1 aromatic carbocycles. The number of benzene rings is 1. The van der Waals surface area contributed by atoms with E-state index in [1.807, 2.05) is 0 Å². The van der Waals surface area contributed by atoms with Crippen molar-refractivity contribution in [1.29, 1.82) is 0 Å². The van der Waals surface area contributed by atoms with Gasteiger partial charge in [0.25, 0.3) is 0 Å². The van der Waals surface area contributed by atoms with Crippen LogP contribution < -0.4 is 4.74 Å². The molecule has 0 radical (unpaired) electrons. The minimum absolute atomic E-state index is 0.338. The summed E-state index contributed by atoms with van der Waals surface area (Å²) in [6.45, 7) is 0.649. The van der Waals surface area contributed by atoms with E-state index in [0.717, 1.165) is 0 Å². The lowest BCUT2D eigenvalue weighted by atomic mass is 9.96. The predicted molar refractivity (Wildman–Crippen MR) is 92.7 cm³/mol. The molecule has 0 amide bonds. The number of aliphatic hydroxyl groups excluding tert-OH is 1. The van der Waals surface area contributed by atoms with Gasteiger partial charge in [0.15, 0.2) is 6.29 Å².